The molecule has 0 spiro atoms. The van der Waals surface area contributed by atoms with Crippen LogP contribution < -0.4 is 21.5 Å². The van der Waals surface area contributed by atoms with E-state index in [2.05, 4.69) is 69.2 Å². The summed E-state index contributed by atoms with van der Waals surface area (Å²) in [6.45, 7) is 20.1. The van der Waals surface area contributed by atoms with Crippen molar-refractivity contribution in [3.63, 3.8) is 0 Å². The Morgan fingerprint density at radius 1 is 0.724 bits per heavy atom. The molecule has 0 aromatic heterocycles. The Morgan fingerprint density at radius 3 is 1.52 bits per heavy atom. The number of nitrogens with zero attached hydrogens (tertiary/aromatic N) is 4. The van der Waals surface area contributed by atoms with Crippen molar-refractivity contribution in [3.8, 4) is 0 Å². The molecule has 8 nitrogen and oxygen atoms in total. The maximum atomic E-state index is 5.29. The Balaban J connectivity index is 4.38. The molecule has 0 atom stereocenters. The Morgan fingerprint density at radius 2 is 1.14 bits per heavy atom. The van der Waals surface area contributed by atoms with E-state index in [1.54, 1.807) is 0 Å². The molecule has 0 saturated heterocycles. The Bertz CT molecular complexity index is 528. The first kappa shape index (κ1) is 27.6. The molecule has 0 amide bonds. The van der Waals surface area contributed by atoms with Gasteiger partial charge in [-0.2, -0.15) is 10.2 Å². The van der Waals surface area contributed by atoms with E-state index in [4.69, 9.17) is 24.4 Å². The average molecular weight is 445 g/mol. The fraction of sp³-hybridized carbons (Fsp3) is 0.789. The molecule has 0 rings (SSSR count). The number of hydrogen-bond donors (Lipinski definition) is 4. The summed E-state index contributed by atoms with van der Waals surface area (Å²) in [6, 6.07) is 0. The van der Waals surface area contributed by atoms with Gasteiger partial charge in [0.25, 0.3) is 0 Å². The monoisotopic (exact) mass is 444 g/mol. The highest BCUT2D eigenvalue weighted by atomic mass is 32.1. The van der Waals surface area contributed by atoms with E-state index in [0.29, 0.717) is 10.2 Å². The van der Waals surface area contributed by atoms with E-state index in [1.807, 2.05) is 13.8 Å². The summed E-state index contributed by atoms with van der Waals surface area (Å²) in [5.74, 6) is 0. The molecule has 4 N–H and O–H groups in total. The third-order valence-corrected chi connectivity index (χ3v) is 5.06. The Labute approximate surface area is 187 Å². The van der Waals surface area contributed by atoms with E-state index in [0.717, 1.165) is 70.2 Å². The summed E-state index contributed by atoms with van der Waals surface area (Å²) in [4.78, 5) is 4.66. The molecule has 0 fully saturated rings. The fourth-order valence-electron chi connectivity index (χ4n) is 2.55. The molecule has 0 aromatic rings. The molecular formula is C19H40N8S2. The molecule has 0 aliphatic rings. The zero-order valence-electron chi connectivity index (χ0n) is 19.0. The van der Waals surface area contributed by atoms with Crippen LogP contribution in [0.4, 0.5) is 0 Å². The highest BCUT2D eigenvalue weighted by Crippen LogP contribution is 1.90. The molecule has 10 heteroatoms. The largest absolute Gasteiger partial charge is 0.360 e. The van der Waals surface area contributed by atoms with Gasteiger partial charge < -0.3 is 20.4 Å². The SMILES string of the molecule is CCC(=N/NC(=S)NCCN(CC)CC)/C(C)=N/NC(=S)NCCN(CC)CC. The molecular weight excluding hydrogens is 404 g/mol. The quantitative estimate of drug-likeness (QED) is 0.183. The lowest BCUT2D eigenvalue weighted by molar-refractivity contribution is 0.308. The summed E-state index contributed by atoms with van der Waals surface area (Å²) in [6.07, 6.45) is 0.730. The average Bonchev–Trinajstić information content (AvgIpc) is 2.73. The fourth-order valence-corrected chi connectivity index (χ4v) is 2.84. The highest BCUT2D eigenvalue weighted by molar-refractivity contribution is 7.80. The summed E-state index contributed by atoms with van der Waals surface area (Å²) < 4.78 is 0. The van der Waals surface area contributed by atoms with E-state index in [1.165, 1.54) is 0 Å². The van der Waals surface area contributed by atoms with Gasteiger partial charge in [-0.3, -0.25) is 10.9 Å². The lowest BCUT2D eigenvalue weighted by Crippen LogP contribution is -2.39. The topological polar surface area (TPSA) is 79.3 Å². The van der Waals surface area contributed by atoms with Gasteiger partial charge in [0.05, 0.1) is 11.4 Å². The second-order valence-electron chi connectivity index (χ2n) is 6.40. The van der Waals surface area contributed by atoms with Crippen LogP contribution in [0, 0.1) is 0 Å². The van der Waals surface area contributed by atoms with Gasteiger partial charge in [-0.25, -0.2) is 0 Å². The molecule has 0 aliphatic carbocycles. The normalized spacial score (nSPS) is 12.3. The van der Waals surface area contributed by atoms with Crippen LogP contribution in [0.1, 0.15) is 48.0 Å². The minimum Gasteiger partial charge on any atom is -0.360 e. The Hall–Kier alpha value is -1.36. The van der Waals surface area contributed by atoms with Crippen molar-refractivity contribution in [2.45, 2.75) is 48.0 Å². The van der Waals surface area contributed by atoms with E-state index in [9.17, 15) is 0 Å². The Kier molecular flexibility index (Phi) is 16.7. The molecule has 29 heavy (non-hydrogen) atoms. The first-order valence-electron chi connectivity index (χ1n) is 10.5. The van der Waals surface area contributed by atoms with Crippen molar-refractivity contribution in [1.82, 2.24) is 31.3 Å². The number of rotatable bonds is 14. The second-order valence-corrected chi connectivity index (χ2v) is 7.21. The van der Waals surface area contributed by atoms with Gasteiger partial charge in [-0.1, -0.05) is 34.6 Å². The lowest BCUT2D eigenvalue weighted by atomic mass is 10.2. The number of thiocarbonyl (C=S) groups is 2. The predicted octanol–water partition coefficient (Wildman–Crippen LogP) is 1.74. The lowest BCUT2D eigenvalue weighted by Gasteiger charge is -2.18. The predicted molar refractivity (Wildman–Crippen MR) is 134 cm³/mol. The van der Waals surface area contributed by atoms with Crippen LogP contribution in [0.5, 0.6) is 0 Å². The number of hydrazone groups is 2. The van der Waals surface area contributed by atoms with Gasteiger partial charge in [-0.05, 0) is 64.0 Å². The van der Waals surface area contributed by atoms with Crippen molar-refractivity contribution in [1.29, 1.82) is 0 Å². The molecule has 0 aliphatic heterocycles. The number of nitrogens with one attached hydrogen (secondary N) is 4. The molecule has 0 heterocycles. The van der Waals surface area contributed by atoms with Gasteiger partial charge in [0.2, 0.25) is 0 Å². The first-order valence-corrected chi connectivity index (χ1v) is 11.4. The molecule has 0 radical (unpaired) electrons. The minimum absolute atomic E-state index is 0.508. The van der Waals surface area contributed by atoms with Gasteiger partial charge in [0.15, 0.2) is 10.2 Å². The van der Waals surface area contributed by atoms with Crippen LogP contribution in [0.3, 0.4) is 0 Å². The maximum absolute atomic E-state index is 5.29. The molecule has 0 saturated carbocycles. The minimum atomic E-state index is 0.508. The van der Waals surface area contributed by atoms with Crippen molar-refractivity contribution in [3.05, 3.63) is 0 Å². The molecule has 0 unspecified atom stereocenters. The summed E-state index contributed by atoms with van der Waals surface area (Å²) >= 11 is 10.6. The van der Waals surface area contributed by atoms with Gasteiger partial charge in [0.1, 0.15) is 0 Å². The van der Waals surface area contributed by atoms with E-state index < -0.39 is 0 Å². The van der Waals surface area contributed by atoms with E-state index >= 15 is 0 Å². The zero-order chi connectivity index (χ0) is 22.1. The third-order valence-electron chi connectivity index (χ3n) is 4.59. The van der Waals surface area contributed by atoms with Crippen LogP contribution in [-0.2, 0) is 0 Å². The third kappa shape index (κ3) is 13.5. The standard InChI is InChI=1S/C19H40N8S2/c1-7-17(23-25-19(29)21-13-15-27(10-4)11-5)16(6)22-24-18(28)20-12-14-26(8-2)9-3/h7-15H2,1-6H3,(H2,20,24,28)(H2,21,25,29)/b22-16+,23-17-. The maximum Gasteiger partial charge on any atom is 0.187 e. The molecule has 168 valence electrons. The number of likely N-dealkylation sites (N-methyl/N-ethyl adjacent to an activating group) is 2. The van der Waals surface area contributed by atoms with Crippen molar-refractivity contribution in [2.75, 3.05) is 52.4 Å². The van der Waals surface area contributed by atoms with Crippen LogP contribution in [0.15, 0.2) is 10.2 Å². The molecule has 0 bridgehead atoms. The van der Waals surface area contributed by atoms with Crippen LogP contribution in [0.2, 0.25) is 0 Å². The summed E-state index contributed by atoms with van der Waals surface area (Å²) in [5.41, 5.74) is 7.36. The van der Waals surface area contributed by atoms with Crippen molar-refractivity contribution >= 4 is 46.1 Å². The number of hydrogen-bond acceptors (Lipinski definition) is 6. The summed E-state index contributed by atoms with van der Waals surface area (Å²) in [5, 5.41) is 16.1. The zero-order valence-corrected chi connectivity index (χ0v) is 20.6. The van der Waals surface area contributed by atoms with Crippen LogP contribution in [-0.4, -0.2) is 83.8 Å². The molecule has 0 aromatic carbocycles. The first-order chi connectivity index (χ1) is 13.9. The van der Waals surface area contributed by atoms with Crippen molar-refractivity contribution < 1.29 is 0 Å². The van der Waals surface area contributed by atoms with Crippen LogP contribution >= 0.6 is 24.4 Å². The van der Waals surface area contributed by atoms with Gasteiger partial charge in [0, 0.05) is 26.2 Å². The second kappa shape index (κ2) is 17.5. The smallest absolute Gasteiger partial charge is 0.187 e. The van der Waals surface area contributed by atoms with Crippen molar-refractivity contribution in [2.24, 2.45) is 10.2 Å². The van der Waals surface area contributed by atoms with E-state index in [-0.39, 0.29) is 0 Å². The summed E-state index contributed by atoms with van der Waals surface area (Å²) in [7, 11) is 0. The van der Waals surface area contributed by atoms with Gasteiger partial charge in [-0.15, -0.1) is 0 Å². The highest BCUT2D eigenvalue weighted by Gasteiger charge is 2.04. The van der Waals surface area contributed by atoms with Crippen LogP contribution in [0.25, 0.3) is 0 Å². The van der Waals surface area contributed by atoms with Gasteiger partial charge >= 0.3 is 0 Å².